The van der Waals surface area contributed by atoms with E-state index in [0.29, 0.717) is 0 Å². The van der Waals surface area contributed by atoms with Gasteiger partial charge in [0.25, 0.3) is 11.5 Å². The number of rotatable bonds is 3. The van der Waals surface area contributed by atoms with E-state index in [4.69, 9.17) is 0 Å². The first-order valence-electron chi connectivity index (χ1n) is 5.41. The predicted molar refractivity (Wildman–Crippen MR) is 73.0 cm³/mol. The quantitative estimate of drug-likeness (QED) is 0.778. The summed E-state index contributed by atoms with van der Waals surface area (Å²) in [5, 5.41) is 2.60. The SMILES string of the molecule is O=C(NCc1cccc(Br)c1)c1c[nH]c(=O)[nH]c1=O. The second-order valence-corrected chi connectivity index (χ2v) is 4.71. The second-order valence-electron chi connectivity index (χ2n) is 3.80. The van der Waals surface area contributed by atoms with Crippen LogP contribution in [-0.2, 0) is 6.54 Å². The van der Waals surface area contributed by atoms with Crippen molar-refractivity contribution in [2.24, 2.45) is 0 Å². The number of carbonyl (C=O) groups is 1. The Labute approximate surface area is 116 Å². The van der Waals surface area contributed by atoms with E-state index in [0.717, 1.165) is 16.2 Å². The average molecular weight is 324 g/mol. The lowest BCUT2D eigenvalue weighted by Gasteiger charge is -2.04. The number of aromatic amines is 2. The van der Waals surface area contributed by atoms with E-state index in [-0.39, 0.29) is 12.1 Å². The third-order valence-corrected chi connectivity index (χ3v) is 2.90. The highest BCUT2D eigenvalue weighted by Gasteiger charge is 2.10. The minimum Gasteiger partial charge on any atom is -0.348 e. The fourth-order valence-corrected chi connectivity index (χ4v) is 1.95. The number of hydrogen-bond acceptors (Lipinski definition) is 3. The molecule has 1 aromatic heterocycles. The minimum absolute atomic E-state index is 0.130. The molecule has 0 aliphatic heterocycles. The van der Waals surface area contributed by atoms with E-state index < -0.39 is 17.2 Å². The number of amides is 1. The van der Waals surface area contributed by atoms with Gasteiger partial charge in [0.1, 0.15) is 5.56 Å². The molecule has 0 bridgehead atoms. The highest BCUT2D eigenvalue weighted by atomic mass is 79.9. The number of hydrogen-bond donors (Lipinski definition) is 3. The van der Waals surface area contributed by atoms with Gasteiger partial charge >= 0.3 is 5.69 Å². The van der Waals surface area contributed by atoms with Crippen molar-refractivity contribution in [3.8, 4) is 0 Å². The van der Waals surface area contributed by atoms with Crippen LogP contribution in [0.2, 0.25) is 0 Å². The van der Waals surface area contributed by atoms with Crippen LogP contribution in [-0.4, -0.2) is 15.9 Å². The van der Waals surface area contributed by atoms with Gasteiger partial charge in [0, 0.05) is 17.2 Å². The van der Waals surface area contributed by atoms with Gasteiger partial charge in [-0.3, -0.25) is 14.6 Å². The molecule has 19 heavy (non-hydrogen) atoms. The molecule has 1 amide bonds. The molecule has 0 saturated carbocycles. The van der Waals surface area contributed by atoms with E-state index in [1.807, 2.05) is 29.2 Å². The number of H-pyrrole nitrogens is 2. The van der Waals surface area contributed by atoms with Gasteiger partial charge in [-0.2, -0.15) is 0 Å². The van der Waals surface area contributed by atoms with Crippen LogP contribution >= 0.6 is 15.9 Å². The molecule has 0 saturated heterocycles. The number of halogens is 1. The highest BCUT2D eigenvalue weighted by Crippen LogP contribution is 2.11. The first-order chi connectivity index (χ1) is 9.06. The average Bonchev–Trinajstić information content (AvgIpc) is 2.36. The van der Waals surface area contributed by atoms with Crippen molar-refractivity contribution in [2.45, 2.75) is 6.54 Å². The van der Waals surface area contributed by atoms with Gasteiger partial charge in [-0.15, -0.1) is 0 Å². The van der Waals surface area contributed by atoms with Gasteiger partial charge in [0.2, 0.25) is 0 Å². The summed E-state index contributed by atoms with van der Waals surface area (Å²) in [6.45, 7) is 0.289. The van der Waals surface area contributed by atoms with Crippen molar-refractivity contribution in [1.82, 2.24) is 15.3 Å². The molecule has 6 nitrogen and oxygen atoms in total. The van der Waals surface area contributed by atoms with Crippen molar-refractivity contribution >= 4 is 21.8 Å². The fourth-order valence-electron chi connectivity index (χ4n) is 1.50. The van der Waals surface area contributed by atoms with Gasteiger partial charge in [0.05, 0.1) is 0 Å². The molecule has 1 aromatic carbocycles. The Morgan fingerprint density at radius 2 is 2.11 bits per heavy atom. The predicted octanol–water partition coefficient (Wildman–Crippen LogP) is 0.756. The molecular weight excluding hydrogens is 314 g/mol. The van der Waals surface area contributed by atoms with Gasteiger partial charge in [0.15, 0.2) is 0 Å². The zero-order chi connectivity index (χ0) is 13.8. The third kappa shape index (κ3) is 3.41. The zero-order valence-corrected chi connectivity index (χ0v) is 11.3. The second kappa shape index (κ2) is 5.66. The maximum Gasteiger partial charge on any atom is 0.325 e. The summed E-state index contributed by atoms with van der Waals surface area (Å²) in [5.74, 6) is -0.544. The van der Waals surface area contributed by atoms with Crippen molar-refractivity contribution in [1.29, 1.82) is 0 Å². The molecule has 0 aliphatic rings. The maximum absolute atomic E-state index is 11.8. The molecule has 3 N–H and O–H groups in total. The summed E-state index contributed by atoms with van der Waals surface area (Å²) in [6, 6.07) is 7.43. The largest absolute Gasteiger partial charge is 0.348 e. The number of carbonyl (C=O) groups excluding carboxylic acids is 1. The molecule has 0 spiro atoms. The van der Waals surface area contributed by atoms with E-state index >= 15 is 0 Å². The lowest BCUT2D eigenvalue weighted by Crippen LogP contribution is -2.33. The Kier molecular flexibility index (Phi) is 3.96. The van der Waals surface area contributed by atoms with Gasteiger partial charge in [-0.05, 0) is 17.7 Å². The van der Waals surface area contributed by atoms with Gasteiger partial charge < -0.3 is 10.3 Å². The van der Waals surface area contributed by atoms with Gasteiger partial charge in [-0.1, -0.05) is 28.1 Å². The maximum atomic E-state index is 11.8. The van der Waals surface area contributed by atoms with Crippen LogP contribution in [0.25, 0.3) is 0 Å². The Morgan fingerprint density at radius 3 is 2.79 bits per heavy atom. The standard InChI is InChI=1S/C12H10BrN3O3/c13-8-3-1-2-7(4-8)5-14-10(17)9-6-15-12(19)16-11(9)18/h1-4,6H,5H2,(H,14,17)(H2,15,16,18,19). The first-order valence-corrected chi connectivity index (χ1v) is 6.20. The molecule has 0 unspecified atom stereocenters. The number of benzene rings is 1. The number of aromatic nitrogens is 2. The third-order valence-electron chi connectivity index (χ3n) is 2.41. The lowest BCUT2D eigenvalue weighted by molar-refractivity contribution is 0.0949. The first kappa shape index (κ1) is 13.3. The summed E-state index contributed by atoms with van der Waals surface area (Å²) < 4.78 is 0.904. The number of nitrogens with one attached hydrogen (secondary N) is 3. The molecular formula is C12H10BrN3O3. The summed E-state index contributed by atoms with van der Waals surface area (Å²) in [7, 11) is 0. The normalized spacial score (nSPS) is 10.2. The Balaban J connectivity index is 2.10. The van der Waals surface area contributed by atoms with E-state index in [9.17, 15) is 14.4 Å². The van der Waals surface area contributed by atoms with E-state index in [1.165, 1.54) is 0 Å². The van der Waals surface area contributed by atoms with Crippen molar-refractivity contribution in [3.63, 3.8) is 0 Å². The molecule has 98 valence electrons. The molecule has 0 fully saturated rings. The van der Waals surface area contributed by atoms with Crippen LogP contribution in [0.3, 0.4) is 0 Å². The summed E-state index contributed by atoms with van der Waals surface area (Å²) >= 11 is 3.33. The van der Waals surface area contributed by atoms with Crippen molar-refractivity contribution < 1.29 is 4.79 Å². The summed E-state index contributed by atoms with van der Waals surface area (Å²) in [6.07, 6.45) is 1.09. The Hall–Kier alpha value is -2.15. The minimum atomic E-state index is -0.713. The topological polar surface area (TPSA) is 94.8 Å². The van der Waals surface area contributed by atoms with Crippen molar-refractivity contribution in [3.05, 3.63) is 66.9 Å². The zero-order valence-electron chi connectivity index (χ0n) is 9.70. The summed E-state index contributed by atoms with van der Waals surface area (Å²) in [4.78, 5) is 38.2. The monoisotopic (exact) mass is 323 g/mol. The van der Waals surface area contributed by atoms with E-state index in [1.54, 1.807) is 0 Å². The van der Waals surface area contributed by atoms with Crippen LogP contribution in [0.15, 0.2) is 44.5 Å². The van der Waals surface area contributed by atoms with Crippen molar-refractivity contribution in [2.75, 3.05) is 0 Å². The molecule has 1 heterocycles. The molecule has 2 rings (SSSR count). The highest BCUT2D eigenvalue weighted by molar-refractivity contribution is 9.10. The van der Waals surface area contributed by atoms with Crippen LogP contribution in [0, 0.1) is 0 Å². The molecule has 7 heteroatoms. The van der Waals surface area contributed by atoms with Crippen LogP contribution < -0.4 is 16.6 Å². The Bertz CT molecular complexity index is 720. The van der Waals surface area contributed by atoms with E-state index in [2.05, 4.69) is 26.2 Å². The Morgan fingerprint density at radius 1 is 1.32 bits per heavy atom. The molecule has 0 atom stereocenters. The fraction of sp³-hybridized carbons (Fsp3) is 0.0833. The van der Waals surface area contributed by atoms with Crippen LogP contribution in [0.5, 0.6) is 0 Å². The smallest absolute Gasteiger partial charge is 0.325 e. The lowest BCUT2D eigenvalue weighted by atomic mass is 10.2. The molecule has 2 aromatic rings. The van der Waals surface area contributed by atoms with Crippen LogP contribution in [0.4, 0.5) is 0 Å². The molecule has 0 aliphatic carbocycles. The molecule has 0 radical (unpaired) electrons. The summed E-state index contributed by atoms with van der Waals surface area (Å²) in [5.41, 5.74) is -0.595. The van der Waals surface area contributed by atoms with Gasteiger partial charge in [-0.25, -0.2) is 4.79 Å². The van der Waals surface area contributed by atoms with Crippen LogP contribution in [0.1, 0.15) is 15.9 Å².